The van der Waals surface area contributed by atoms with Crippen molar-refractivity contribution < 1.29 is 23.9 Å². The van der Waals surface area contributed by atoms with Crippen LogP contribution < -0.4 is 5.32 Å². The molecular formula is C14H28N2O5. The van der Waals surface area contributed by atoms with E-state index in [1.165, 1.54) is 0 Å². The molecule has 0 saturated heterocycles. The van der Waals surface area contributed by atoms with Crippen LogP contribution in [0.25, 0.3) is 0 Å². The Balaban J connectivity index is 4.75. The third kappa shape index (κ3) is 10.1. The quantitative estimate of drug-likeness (QED) is 0.478. The van der Waals surface area contributed by atoms with Gasteiger partial charge in [0.15, 0.2) is 0 Å². The fourth-order valence-corrected chi connectivity index (χ4v) is 1.15. The summed E-state index contributed by atoms with van der Waals surface area (Å²) in [5, 5.41) is 3.42. The molecule has 21 heavy (non-hydrogen) atoms. The lowest BCUT2D eigenvalue weighted by molar-refractivity contribution is -0.143. The lowest BCUT2D eigenvalue weighted by Crippen LogP contribution is -2.45. The normalized spacial score (nSPS) is 12.0. The number of nitrogens with one attached hydrogen (secondary N) is 1. The first-order chi connectivity index (χ1) is 9.46. The molecular weight excluding hydrogens is 276 g/mol. The van der Waals surface area contributed by atoms with Crippen molar-refractivity contribution in [2.75, 3.05) is 13.3 Å². The zero-order chi connectivity index (χ0) is 16.7. The van der Waals surface area contributed by atoms with Crippen LogP contribution in [0.1, 0.15) is 54.9 Å². The van der Waals surface area contributed by atoms with Gasteiger partial charge in [0.2, 0.25) is 0 Å². The molecule has 0 aromatic heterocycles. The smallest absolute Gasteiger partial charge is 0.442 e. The molecule has 7 heteroatoms. The molecule has 0 aliphatic rings. The predicted molar refractivity (Wildman–Crippen MR) is 78.6 cm³/mol. The first-order valence-corrected chi connectivity index (χ1v) is 7.06. The topological polar surface area (TPSA) is 77.1 Å². The molecule has 1 N–H and O–H groups in total. The molecule has 0 radical (unpaired) electrons. The third-order valence-corrected chi connectivity index (χ3v) is 1.84. The minimum absolute atomic E-state index is 0.00628. The molecule has 0 fully saturated rings. The number of hydroxylamine groups is 2. The van der Waals surface area contributed by atoms with Gasteiger partial charge in [0.25, 0.3) is 0 Å². The Bertz CT molecular complexity index is 316. The van der Waals surface area contributed by atoms with Crippen LogP contribution in [0.15, 0.2) is 0 Å². The molecule has 0 spiro atoms. The number of rotatable bonds is 5. The van der Waals surface area contributed by atoms with Crippen molar-refractivity contribution in [3.05, 3.63) is 0 Å². The molecule has 0 saturated carbocycles. The van der Waals surface area contributed by atoms with Crippen LogP contribution >= 0.6 is 0 Å². The largest absolute Gasteiger partial charge is 0.444 e. The van der Waals surface area contributed by atoms with Crippen LogP contribution in [0, 0.1) is 0 Å². The Kier molecular flexibility index (Phi) is 7.67. The monoisotopic (exact) mass is 304 g/mol. The number of carbonyl (C=O) groups is 2. The molecule has 0 aromatic carbocycles. The van der Waals surface area contributed by atoms with Crippen molar-refractivity contribution in [3.63, 3.8) is 0 Å². The van der Waals surface area contributed by atoms with Crippen LogP contribution in [0.3, 0.4) is 0 Å². The molecule has 0 rings (SSSR count). The SMILES string of the molecule is CCCNCON(C(=O)OC(C)(C)C)C(=O)OC(C)(C)C. The van der Waals surface area contributed by atoms with Crippen molar-refractivity contribution >= 4 is 12.2 Å². The van der Waals surface area contributed by atoms with Crippen LogP contribution in [0.5, 0.6) is 0 Å². The number of ether oxygens (including phenoxy) is 2. The number of hydrogen-bond acceptors (Lipinski definition) is 6. The van der Waals surface area contributed by atoms with Crippen molar-refractivity contribution in [3.8, 4) is 0 Å². The van der Waals surface area contributed by atoms with Crippen molar-refractivity contribution in [2.24, 2.45) is 0 Å². The summed E-state index contributed by atoms with van der Waals surface area (Å²) in [7, 11) is 0. The lowest BCUT2D eigenvalue weighted by atomic mass is 10.2. The summed E-state index contributed by atoms with van der Waals surface area (Å²) >= 11 is 0. The minimum Gasteiger partial charge on any atom is -0.442 e. The molecule has 124 valence electrons. The van der Waals surface area contributed by atoms with Gasteiger partial charge >= 0.3 is 12.2 Å². The van der Waals surface area contributed by atoms with Gasteiger partial charge in [-0.15, -0.1) is 0 Å². The summed E-state index contributed by atoms with van der Waals surface area (Å²) in [6, 6.07) is 0. The highest BCUT2D eigenvalue weighted by Crippen LogP contribution is 2.14. The highest BCUT2D eigenvalue weighted by atomic mass is 16.8. The van der Waals surface area contributed by atoms with Gasteiger partial charge in [0.1, 0.15) is 17.9 Å². The van der Waals surface area contributed by atoms with Gasteiger partial charge in [0, 0.05) is 0 Å². The average molecular weight is 304 g/mol. The van der Waals surface area contributed by atoms with Gasteiger partial charge in [-0.2, -0.15) is 0 Å². The molecule has 0 aliphatic carbocycles. The summed E-state index contributed by atoms with van der Waals surface area (Å²) < 4.78 is 10.3. The first-order valence-electron chi connectivity index (χ1n) is 7.06. The van der Waals surface area contributed by atoms with Crippen molar-refractivity contribution in [1.82, 2.24) is 10.4 Å². The molecule has 0 bridgehead atoms. The Labute approximate surface area is 126 Å². The Hall–Kier alpha value is -1.34. The second-order valence-electron chi connectivity index (χ2n) is 6.53. The summed E-state index contributed by atoms with van der Waals surface area (Å²) in [6.07, 6.45) is -0.910. The van der Waals surface area contributed by atoms with Crippen LogP contribution in [0.2, 0.25) is 0 Å². The molecule has 0 heterocycles. The van der Waals surface area contributed by atoms with E-state index in [0.29, 0.717) is 11.6 Å². The van der Waals surface area contributed by atoms with Crippen molar-refractivity contribution in [1.29, 1.82) is 0 Å². The summed E-state index contributed by atoms with van der Waals surface area (Å²) in [5.41, 5.74) is -1.48. The number of imide groups is 1. The van der Waals surface area contributed by atoms with Gasteiger partial charge < -0.3 is 9.47 Å². The highest BCUT2D eigenvalue weighted by molar-refractivity contribution is 5.86. The molecule has 0 unspecified atom stereocenters. The minimum atomic E-state index is -0.907. The van der Waals surface area contributed by atoms with Crippen LogP contribution in [-0.4, -0.2) is 41.7 Å². The van der Waals surface area contributed by atoms with E-state index in [2.05, 4.69) is 5.32 Å². The molecule has 2 amide bonds. The van der Waals surface area contributed by atoms with Gasteiger partial charge in [-0.25, -0.2) is 14.4 Å². The van der Waals surface area contributed by atoms with Crippen LogP contribution in [0.4, 0.5) is 9.59 Å². The Morgan fingerprint density at radius 3 is 1.71 bits per heavy atom. The average Bonchev–Trinajstić information content (AvgIpc) is 2.23. The zero-order valence-corrected chi connectivity index (χ0v) is 14.1. The van der Waals surface area contributed by atoms with E-state index < -0.39 is 23.4 Å². The second-order valence-corrected chi connectivity index (χ2v) is 6.53. The fourth-order valence-electron chi connectivity index (χ4n) is 1.15. The Morgan fingerprint density at radius 2 is 1.38 bits per heavy atom. The highest BCUT2D eigenvalue weighted by Gasteiger charge is 2.32. The zero-order valence-electron chi connectivity index (χ0n) is 14.1. The Morgan fingerprint density at radius 1 is 0.952 bits per heavy atom. The summed E-state index contributed by atoms with van der Waals surface area (Å²) in [6.45, 7) is 12.9. The van der Waals surface area contributed by atoms with Gasteiger partial charge in [-0.1, -0.05) is 12.0 Å². The molecule has 0 aromatic rings. The number of amides is 2. The van der Waals surface area contributed by atoms with E-state index in [-0.39, 0.29) is 6.73 Å². The molecule has 0 aliphatic heterocycles. The maximum Gasteiger partial charge on any atom is 0.444 e. The van der Waals surface area contributed by atoms with E-state index in [4.69, 9.17) is 14.3 Å². The van der Waals surface area contributed by atoms with E-state index in [0.717, 1.165) is 6.42 Å². The third-order valence-electron chi connectivity index (χ3n) is 1.84. The maximum atomic E-state index is 12.0. The number of hydrogen-bond donors (Lipinski definition) is 1. The lowest BCUT2D eigenvalue weighted by Gasteiger charge is -2.27. The van der Waals surface area contributed by atoms with E-state index in [1.807, 2.05) is 6.92 Å². The van der Waals surface area contributed by atoms with Crippen LogP contribution in [-0.2, 0) is 14.3 Å². The molecule has 7 nitrogen and oxygen atoms in total. The van der Waals surface area contributed by atoms with E-state index in [1.54, 1.807) is 41.5 Å². The summed E-state index contributed by atoms with van der Waals surface area (Å²) in [5.74, 6) is 0. The maximum absolute atomic E-state index is 12.0. The second kappa shape index (κ2) is 8.19. The van der Waals surface area contributed by atoms with Gasteiger partial charge in [0.05, 0.1) is 0 Å². The van der Waals surface area contributed by atoms with Gasteiger partial charge in [-0.05, 0) is 54.5 Å². The summed E-state index contributed by atoms with van der Waals surface area (Å²) in [4.78, 5) is 29.1. The number of nitrogens with zero attached hydrogens (tertiary/aromatic N) is 1. The first kappa shape index (κ1) is 19.7. The van der Waals surface area contributed by atoms with Crippen molar-refractivity contribution in [2.45, 2.75) is 66.1 Å². The molecule has 0 atom stereocenters. The standard InChI is InChI=1S/C14H28N2O5/c1-8-9-15-10-19-16(11(17)20-13(2,3)4)12(18)21-14(5,6)7/h15H,8-10H2,1-7H3. The predicted octanol–water partition coefficient (Wildman–Crippen LogP) is 3.05. The number of carbonyl (C=O) groups excluding carboxylic acids is 2. The van der Waals surface area contributed by atoms with E-state index in [9.17, 15) is 9.59 Å². The van der Waals surface area contributed by atoms with E-state index >= 15 is 0 Å². The fraction of sp³-hybridized carbons (Fsp3) is 0.857. The van der Waals surface area contributed by atoms with Gasteiger partial charge in [-0.3, -0.25) is 5.32 Å².